The van der Waals surface area contributed by atoms with Gasteiger partial charge in [0.1, 0.15) is 0 Å². The number of benzene rings is 1. The SMILES string of the molecule is CCCCCCc1cccc(I)c1[Si](C)C. The van der Waals surface area contributed by atoms with Crippen LogP contribution >= 0.6 is 22.6 Å². The molecule has 0 saturated carbocycles. The van der Waals surface area contributed by atoms with Gasteiger partial charge < -0.3 is 0 Å². The molecule has 0 aliphatic heterocycles. The zero-order valence-corrected chi connectivity index (χ0v) is 13.8. The van der Waals surface area contributed by atoms with Crippen LogP contribution in [0.2, 0.25) is 13.1 Å². The molecule has 0 amide bonds. The quantitative estimate of drug-likeness (QED) is 0.408. The first-order chi connectivity index (χ1) is 7.66. The average molecular weight is 345 g/mol. The third-order valence-corrected chi connectivity index (χ3v) is 5.90. The minimum absolute atomic E-state index is 0.321. The summed E-state index contributed by atoms with van der Waals surface area (Å²) in [7, 11) is -0.321. The van der Waals surface area contributed by atoms with E-state index in [2.05, 4.69) is 60.8 Å². The van der Waals surface area contributed by atoms with Gasteiger partial charge in [-0.25, -0.2) is 0 Å². The highest BCUT2D eigenvalue weighted by Gasteiger charge is 2.10. The van der Waals surface area contributed by atoms with Crippen LogP contribution in [-0.2, 0) is 6.42 Å². The highest BCUT2D eigenvalue weighted by atomic mass is 127. The molecule has 0 spiro atoms. The van der Waals surface area contributed by atoms with Crippen LogP contribution in [0.3, 0.4) is 0 Å². The van der Waals surface area contributed by atoms with Crippen molar-refractivity contribution in [2.24, 2.45) is 0 Å². The minimum atomic E-state index is -0.321. The lowest BCUT2D eigenvalue weighted by Crippen LogP contribution is -2.29. The molecule has 1 rings (SSSR count). The largest absolute Gasteiger partial charge is 0.0809 e. The van der Waals surface area contributed by atoms with Gasteiger partial charge >= 0.3 is 0 Å². The van der Waals surface area contributed by atoms with Crippen molar-refractivity contribution >= 4 is 36.6 Å². The predicted molar refractivity (Wildman–Crippen MR) is 84.1 cm³/mol. The van der Waals surface area contributed by atoms with Crippen molar-refractivity contribution in [1.82, 2.24) is 0 Å². The molecule has 0 bridgehead atoms. The summed E-state index contributed by atoms with van der Waals surface area (Å²) in [5.74, 6) is 0. The van der Waals surface area contributed by atoms with E-state index in [9.17, 15) is 0 Å². The Morgan fingerprint density at radius 2 is 1.88 bits per heavy atom. The first-order valence-corrected chi connectivity index (χ1v) is 9.82. The molecule has 0 nitrogen and oxygen atoms in total. The maximum atomic E-state index is 2.50. The minimum Gasteiger partial charge on any atom is -0.0670 e. The lowest BCUT2D eigenvalue weighted by molar-refractivity contribution is 0.667. The molecule has 1 aromatic rings. The number of halogens is 1. The Bertz CT molecular complexity index is 321. The van der Waals surface area contributed by atoms with Crippen LogP contribution in [0.5, 0.6) is 0 Å². The van der Waals surface area contributed by atoms with E-state index in [0.717, 1.165) is 0 Å². The van der Waals surface area contributed by atoms with Gasteiger partial charge in [-0.1, -0.05) is 51.4 Å². The van der Waals surface area contributed by atoms with Crippen LogP contribution in [0.25, 0.3) is 0 Å². The fourth-order valence-corrected chi connectivity index (χ4v) is 5.66. The van der Waals surface area contributed by atoms with E-state index < -0.39 is 0 Å². The summed E-state index contributed by atoms with van der Waals surface area (Å²) in [4.78, 5) is 0. The molecule has 1 aromatic carbocycles. The van der Waals surface area contributed by atoms with Gasteiger partial charge in [0.25, 0.3) is 0 Å². The van der Waals surface area contributed by atoms with Gasteiger partial charge in [-0.15, -0.1) is 0 Å². The van der Waals surface area contributed by atoms with Crippen LogP contribution in [0.1, 0.15) is 38.2 Å². The van der Waals surface area contributed by atoms with E-state index in [4.69, 9.17) is 0 Å². The second kappa shape index (κ2) is 7.48. The highest BCUT2D eigenvalue weighted by Crippen LogP contribution is 2.11. The third kappa shape index (κ3) is 4.21. The van der Waals surface area contributed by atoms with E-state index in [0.29, 0.717) is 0 Å². The Morgan fingerprint density at radius 3 is 2.50 bits per heavy atom. The Kier molecular flexibility index (Phi) is 6.66. The van der Waals surface area contributed by atoms with Crippen LogP contribution in [0.4, 0.5) is 0 Å². The molecule has 0 saturated heterocycles. The molecule has 16 heavy (non-hydrogen) atoms. The normalized spacial score (nSPS) is 11.1. The Balaban J connectivity index is 2.67. The van der Waals surface area contributed by atoms with E-state index in [1.807, 2.05) is 0 Å². The molecule has 0 aliphatic rings. The van der Waals surface area contributed by atoms with Crippen molar-refractivity contribution < 1.29 is 0 Å². The van der Waals surface area contributed by atoms with E-state index in [-0.39, 0.29) is 8.80 Å². The molecule has 0 unspecified atom stereocenters. The smallest absolute Gasteiger partial charge is 0.0670 e. The van der Waals surface area contributed by atoms with Crippen LogP contribution in [0.15, 0.2) is 18.2 Å². The van der Waals surface area contributed by atoms with E-state index >= 15 is 0 Å². The second-order valence-corrected chi connectivity index (χ2v) is 8.25. The molecule has 0 heterocycles. The predicted octanol–water partition coefficient (Wildman–Crippen LogP) is 4.38. The Hall–Kier alpha value is 0.167. The number of aryl methyl sites for hydroxylation is 1. The summed E-state index contributed by atoms with van der Waals surface area (Å²) < 4.78 is 1.48. The summed E-state index contributed by atoms with van der Waals surface area (Å²) >= 11 is 2.50. The van der Waals surface area contributed by atoms with Crippen LogP contribution in [0, 0.1) is 3.57 Å². The fraction of sp³-hybridized carbons (Fsp3) is 0.571. The third-order valence-electron chi connectivity index (χ3n) is 2.90. The standard InChI is InChI=1S/C14H22ISi/c1-4-5-6-7-9-12-10-8-11-13(15)14(12)16(2)3/h8,10-11H,4-7,9H2,1-3H3. The van der Waals surface area contributed by atoms with E-state index in [1.165, 1.54) is 35.7 Å². The van der Waals surface area contributed by atoms with Crippen molar-refractivity contribution in [3.8, 4) is 0 Å². The second-order valence-electron chi connectivity index (χ2n) is 4.58. The summed E-state index contributed by atoms with van der Waals surface area (Å²) in [5.41, 5.74) is 1.61. The van der Waals surface area contributed by atoms with Crippen LogP contribution < -0.4 is 5.19 Å². The number of rotatable bonds is 6. The zero-order chi connectivity index (χ0) is 12.0. The molecule has 1 radical (unpaired) electrons. The summed E-state index contributed by atoms with van der Waals surface area (Å²) in [5, 5.41) is 1.67. The molecule has 89 valence electrons. The van der Waals surface area contributed by atoms with Crippen molar-refractivity contribution in [3.63, 3.8) is 0 Å². The summed E-state index contributed by atoms with van der Waals surface area (Å²) in [6.45, 7) is 7.07. The fourth-order valence-electron chi connectivity index (χ4n) is 2.08. The molecule has 2 heteroatoms. The first-order valence-electron chi connectivity index (χ1n) is 6.24. The molecule has 0 aliphatic carbocycles. The van der Waals surface area contributed by atoms with Gasteiger partial charge in [0.2, 0.25) is 0 Å². The van der Waals surface area contributed by atoms with Gasteiger partial charge in [0, 0.05) is 3.57 Å². The lowest BCUT2D eigenvalue weighted by atomic mass is 10.1. The van der Waals surface area contributed by atoms with E-state index in [1.54, 1.807) is 10.8 Å². The van der Waals surface area contributed by atoms with Crippen LogP contribution in [-0.4, -0.2) is 8.80 Å². The Morgan fingerprint density at radius 1 is 1.12 bits per heavy atom. The van der Waals surface area contributed by atoms with Gasteiger partial charge in [0.15, 0.2) is 0 Å². The first kappa shape index (κ1) is 14.2. The zero-order valence-electron chi connectivity index (χ0n) is 10.6. The monoisotopic (exact) mass is 345 g/mol. The topological polar surface area (TPSA) is 0 Å². The molecule has 0 fully saturated rings. The number of unbranched alkanes of at least 4 members (excludes halogenated alkanes) is 3. The molecule has 0 aromatic heterocycles. The maximum Gasteiger partial charge on any atom is 0.0809 e. The molecular formula is C14H22ISi. The molecular weight excluding hydrogens is 323 g/mol. The number of hydrogen-bond donors (Lipinski definition) is 0. The Labute approximate surface area is 116 Å². The maximum absolute atomic E-state index is 2.50. The average Bonchev–Trinajstić information content (AvgIpc) is 2.24. The van der Waals surface area contributed by atoms with Crippen molar-refractivity contribution in [3.05, 3.63) is 27.3 Å². The number of hydrogen-bond acceptors (Lipinski definition) is 0. The van der Waals surface area contributed by atoms with Gasteiger partial charge in [-0.3, -0.25) is 0 Å². The van der Waals surface area contributed by atoms with Gasteiger partial charge in [-0.05, 0) is 52.2 Å². The van der Waals surface area contributed by atoms with Gasteiger partial charge in [0.05, 0.1) is 8.80 Å². The summed E-state index contributed by atoms with van der Waals surface area (Å²) in [6, 6.07) is 6.80. The van der Waals surface area contributed by atoms with Crippen molar-refractivity contribution in [2.75, 3.05) is 0 Å². The molecule has 0 atom stereocenters. The summed E-state index contributed by atoms with van der Waals surface area (Å²) in [6.07, 6.45) is 6.74. The van der Waals surface area contributed by atoms with Gasteiger partial charge in [-0.2, -0.15) is 0 Å². The molecule has 0 N–H and O–H groups in total. The van der Waals surface area contributed by atoms with Crippen molar-refractivity contribution in [2.45, 2.75) is 52.1 Å². The lowest BCUT2D eigenvalue weighted by Gasteiger charge is -2.13. The van der Waals surface area contributed by atoms with Crippen molar-refractivity contribution in [1.29, 1.82) is 0 Å². The highest BCUT2D eigenvalue weighted by molar-refractivity contribution is 14.1.